The predicted molar refractivity (Wildman–Crippen MR) is 74.1 cm³/mol. The van der Waals surface area contributed by atoms with E-state index in [1.54, 1.807) is 0 Å². The Bertz CT molecular complexity index is 478. The van der Waals surface area contributed by atoms with E-state index in [1.165, 1.54) is 0 Å². The highest BCUT2D eigenvalue weighted by Gasteiger charge is 2.38. The third-order valence-electron chi connectivity index (χ3n) is 4.00. The number of fused-ring (bicyclic) bond motifs is 2. The molecule has 3 rings (SSSR count). The molecule has 1 amide bonds. The first kappa shape index (κ1) is 15.2. The third kappa shape index (κ3) is 2.79. The van der Waals surface area contributed by atoms with Crippen LogP contribution in [0.1, 0.15) is 29.6 Å². The lowest BCUT2D eigenvalue weighted by Gasteiger charge is -2.28. The quantitative estimate of drug-likeness (QED) is 0.864. The molecule has 2 atom stereocenters. The van der Waals surface area contributed by atoms with E-state index in [4.69, 9.17) is 0 Å². The van der Waals surface area contributed by atoms with Gasteiger partial charge in [-0.05, 0) is 37.9 Å². The molecule has 1 N–H and O–H groups in total. The van der Waals surface area contributed by atoms with Crippen molar-refractivity contribution in [1.29, 1.82) is 0 Å². The number of halogens is 3. The van der Waals surface area contributed by atoms with Crippen LogP contribution < -0.4 is 5.32 Å². The minimum atomic E-state index is -0.705. The summed E-state index contributed by atoms with van der Waals surface area (Å²) in [5, 5.41) is 3.30. The van der Waals surface area contributed by atoms with Crippen molar-refractivity contribution in [3.8, 4) is 0 Å². The Morgan fingerprint density at radius 1 is 1.10 bits per heavy atom. The number of nitrogens with one attached hydrogen (secondary N) is 1. The maximum atomic E-state index is 13.2. The summed E-state index contributed by atoms with van der Waals surface area (Å²) in [7, 11) is 0. The van der Waals surface area contributed by atoms with Crippen LogP contribution in [-0.2, 0) is 0 Å². The van der Waals surface area contributed by atoms with Crippen molar-refractivity contribution in [3.05, 3.63) is 35.4 Å². The van der Waals surface area contributed by atoms with Crippen molar-refractivity contribution in [2.24, 2.45) is 0 Å². The molecule has 0 aromatic heterocycles. The smallest absolute Gasteiger partial charge is 0.254 e. The van der Waals surface area contributed by atoms with Crippen molar-refractivity contribution in [2.45, 2.75) is 31.3 Å². The molecule has 2 fully saturated rings. The van der Waals surface area contributed by atoms with E-state index in [0.29, 0.717) is 0 Å². The SMILES string of the molecule is Cl.O=C(c1cc(F)cc(F)c1)N1C2CCNCC1CC2. The highest BCUT2D eigenvalue weighted by molar-refractivity contribution is 5.95. The van der Waals surface area contributed by atoms with Crippen molar-refractivity contribution >= 4 is 18.3 Å². The number of benzene rings is 1. The van der Waals surface area contributed by atoms with Crippen LogP contribution in [0.3, 0.4) is 0 Å². The van der Waals surface area contributed by atoms with Gasteiger partial charge in [-0.15, -0.1) is 12.4 Å². The second-order valence-corrected chi connectivity index (χ2v) is 5.25. The van der Waals surface area contributed by atoms with Gasteiger partial charge in [0, 0.05) is 30.3 Å². The minimum absolute atomic E-state index is 0. The van der Waals surface area contributed by atoms with Gasteiger partial charge in [0.05, 0.1) is 0 Å². The summed E-state index contributed by atoms with van der Waals surface area (Å²) >= 11 is 0. The van der Waals surface area contributed by atoms with Gasteiger partial charge < -0.3 is 10.2 Å². The fourth-order valence-electron chi connectivity index (χ4n) is 3.14. The second kappa shape index (κ2) is 6.06. The van der Waals surface area contributed by atoms with Crippen LogP contribution in [0.25, 0.3) is 0 Å². The number of amides is 1. The van der Waals surface area contributed by atoms with Crippen molar-refractivity contribution < 1.29 is 13.6 Å². The molecule has 2 heterocycles. The van der Waals surface area contributed by atoms with E-state index >= 15 is 0 Å². The average Bonchev–Trinajstić information content (AvgIpc) is 2.60. The first-order valence-electron chi connectivity index (χ1n) is 6.64. The number of carbonyl (C=O) groups excluding carboxylic acids is 1. The number of nitrogens with zero attached hydrogens (tertiary/aromatic N) is 1. The number of carbonyl (C=O) groups is 1. The highest BCUT2D eigenvalue weighted by atomic mass is 35.5. The molecule has 0 aliphatic carbocycles. The first-order valence-corrected chi connectivity index (χ1v) is 6.64. The van der Waals surface area contributed by atoms with Crippen LogP contribution >= 0.6 is 12.4 Å². The Hall–Kier alpha value is -1.20. The number of hydrogen-bond donors (Lipinski definition) is 1. The molecule has 0 spiro atoms. The Labute approximate surface area is 122 Å². The molecule has 20 heavy (non-hydrogen) atoms. The van der Waals surface area contributed by atoms with E-state index in [-0.39, 0.29) is 36.0 Å². The molecular weight excluding hydrogens is 286 g/mol. The van der Waals surface area contributed by atoms with Crippen LogP contribution in [0, 0.1) is 11.6 Å². The maximum Gasteiger partial charge on any atom is 0.254 e. The van der Waals surface area contributed by atoms with Gasteiger partial charge in [0.25, 0.3) is 5.91 Å². The molecule has 0 radical (unpaired) electrons. The molecule has 0 saturated carbocycles. The molecule has 1 aromatic rings. The zero-order valence-electron chi connectivity index (χ0n) is 10.9. The van der Waals surface area contributed by atoms with E-state index in [2.05, 4.69) is 5.32 Å². The van der Waals surface area contributed by atoms with Crippen LogP contribution in [0.4, 0.5) is 8.78 Å². The van der Waals surface area contributed by atoms with Gasteiger partial charge in [0.2, 0.25) is 0 Å². The summed E-state index contributed by atoms with van der Waals surface area (Å²) in [6.45, 7) is 1.66. The maximum absolute atomic E-state index is 13.2. The Balaban J connectivity index is 0.00000147. The fourth-order valence-corrected chi connectivity index (χ4v) is 3.14. The van der Waals surface area contributed by atoms with E-state index in [9.17, 15) is 13.6 Å². The van der Waals surface area contributed by atoms with Gasteiger partial charge in [-0.1, -0.05) is 0 Å². The van der Waals surface area contributed by atoms with E-state index in [0.717, 1.165) is 50.6 Å². The molecule has 2 aliphatic heterocycles. The van der Waals surface area contributed by atoms with Crippen LogP contribution in [0.15, 0.2) is 18.2 Å². The standard InChI is InChI=1S/C14H16F2N2O.ClH/c15-10-5-9(6-11(16)7-10)14(19)18-12-1-2-13(18)8-17-4-3-12;/h5-7,12-13,17H,1-4,8H2;1H. The summed E-state index contributed by atoms with van der Waals surface area (Å²) in [6, 6.07) is 3.35. The monoisotopic (exact) mass is 302 g/mol. The van der Waals surface area contributed by atoms with Gasteiger partial charge >= 0.3 is 0 Å². The molecule has 2 aliphatic rings. The molecule has 1 aromatic carbocycles. The van der Waals surface area contributed by atoms with Crippen LogP contribution in [0.2, 0.25) is 0 Å². The summed E-state index contributed by atoms with van der Waals surface area (Å²) < 4.78 is 26.4. The number of rotatable bonds is 1. The second-order valence-electron chi connectivity index (χ2n) is 5.25. The van der Waals surface area contributed by atoms with Gasteiger partial charge in [-0.2, -0.15) is 0 Å². The fraction of sp³-hybridized carbons (Fsp3) is 0.500. The zero-order chi connectivity index (χ0) is 13.4. The molecule has 3 nitrogen and oxygen atoms in total. The molecule has 6 heteroatoms. The lowest BCUT2D eigenvalue weighted by Crippen LogP contribution is -2.42. The lowest BCUT2D eigenvalue weighted by molar-refractivity contribution is 0.0679. The molecule has 2 saturated heterocycles. The van der Waals surface area contributed by atoms with E-state index < -0.39 is 11.6 Å². The van der Waals surface area contributed by atoms with Gasteiger partial charge in [-0.3, -0.25) is 4.79 Å². The topological polar surface area (TPSA) is 32.3 Å². The summed E-state index contributed by atoms with van der Waals surface area (Å²) in [4.78, 5) is 14.3. The molecule has 2 unspecified atom stereocenters. The summed E-state index contributed by atoms with van der Waals surface area (Å²) in [5.41, 5.74) is 0.108. The number of hydrogen-bond acceptors (Lipinski definition) is 2. The first-order chi connectivity index (χ1) is 9.15. The Morgan fingerprint density at radius 3 is 2.45 bits per heavy atom. The summed E-state index contributed by atoms with van der Waals surface area (Å²) in [6.07, 6.45) is 2.84. The Morgan fingerprint density at radius 2 is 1.75 bits per heavy atom. The third-order valence-corrected chi connectivity index (χ3v) is 4.00. The van der Waals surface area contributed by atoms with E-state index in [1.807, 2.05) is 4.90 Å². The van der Waals surface area contributed by atoms with Crippen LogP contribution in [0.5, 0.6) is 0 Å². The molecule has 2 bridgehead atoms. The predicted octanol–water partition coefficient (Wildman–Crippen LogP) is 2.35. The molecule has 110 valence electrons. The summed E-state index contributed by atoms with van der Waals surface area (Å²) in [5.74, 6) is -1.66. The lowest BCUT2D eigenvalue weighted by atomic mass is 10.1. The Kier molecular flexibility index (Phi) is 4.60. The van der Waals surface area contributed by atoms with Gasteiger partial charge in [0.15, 0.2) is 0 Å². The van der Waals surface area contributed by atoms with Gasteiger partial charge in [0.1, 0.15) is 11.6 Å². The van der Waals surface area contributed by atoms with Crippen molar-refractivity contribution in [3.63, 3.8) is 0 Å². The molecular formula is C14H17ClF2N2O. The largest absolute Gasteiger partial charge is 0.331 e. The minimum Gasteiger partial charge on any atom is -0.331 e. The van der Waals surface area contributed by atoms with Gasteiger partial charge in [-0.25, -0.2) is 8.78 Å². The average molecular weight is 303 g/mol. The van der Waals surface area contributed by atoms with Crippen LogP contribution in [-0.4, -0.2) is 36.0 Å². The highest BCUT2D eigenvalue weighted by Crippen LogP contribution is 2.29. The van der Waals surface area contributed by atoms with Crippen molar-refractivity contribution in [1.82, 2.24) is 10.2 Å². The normalized spacial score (nSPS) is 25.0. The van der Waals surface area contributed by atoms with Crippen molar-refractivity contribution in [2.75, 3.05) is 13.1 Å². The zero-order valence-corrected chi connectivity index (χ0v) is 11.8.